The van der Waals surface area contributed by atoms with Crippen LogP contribution < -0.4 is 10.1 Å². The van der Waals surface area contributed by atoms with Crippen molar-refractivity contribution in [3.05, 3.63) is 75.5 Å². The molecule has 0 bridgehead atoms. The summed E-state index contributed by atoms with van der Waals surface area (Å²) in [6.07, 6.45) is 4.67. The predicted octanol–water partition coefficient (Wildman–Crippen LogP) is 6.13. The van der Waals surface area contributed by atoms with Gasteiger partial charge in [0.1, 0.15) is 17.5 Å². The number of nitrogens with one attached hydrogen (secondary N) is 1. The number of halogens is 1. The second-order valence-corrected chi connectivity index (χ2v) is 11.8. The second kappa shape index (κ2) is 9.39. The Morgan fingerprint density at radius 1 is 1.24 bits per heavy atom. The lowest BCUT2D eigenvalue weighted by Gasteiger charge is -2.37. The zero-order chi connectivity index (χ0) is 25.7. The summed E-state index contributed by atoms with van der Waals surface area (Å²) in [4.78, 5) is 25.9. The number of hydrogen-bond acceptors (Lipinski definition) is 6. The third-order valence-corrected chi connectivity index (χ3v) is 9.03. The number of hydrogen-bond donors (Lipinski definition) is 1. The molecular weight excluding hydrogens is 504 g/mol. The minimum atomic E-state index is -0.446. The number of aromatic nitrogens is 2. The summed E-state index contributed by atoms with van der Waals surface area (Å²) in [5, 5.41) is 5.83. The third kappa shape index (κ3) is 4.60. The zero-order valence-electron chi connectivity index (χ0n) is 21.2. The molecule has 1 atom stereocenters. The van der Waals surface area contributed by atoms with Crippen molar-refractivity contribution in [2.75, 3.05) is 20.2 Å². The number of likely N-dealkylation sites (N-methyl/N-ethyl adjacent to an activating group) is 1. The van der Waals surface area contributed by atoms with Crippen LogP contribution in [-0.4, -0.2) is 47.0 Å². The summed E-state index contributed by atoms with van der Waals surface area (Å²) in [5.74, 6) is 0.642. The van der Waals surface area contributed by atoms with E-state index in [9.17, 15) is 4.79 Å². The first-order chi connectivity index (χ1) is 17.8. The first-order valence-electron chi connectivity index (χ1n) is 12.6. The second-order valence-electron chi connectivity index (χ2n) is 10.2. The van der Waals surface area contributed by atoms with Gasteiger partial charge in [-0.05, 0) is 93.7 Å². The highest BCUT2D eigenvalue weighted by molar-refractivity contribution is 7.15. The number of benzene rings is 2. The van der Waals surface area contributed by atoms with Crippen LogP contribution in [0, 0.1) is 13.8 Å². The van der Waals surface area contributed by atoms with E-state index in [-0.39, 0.29) is 5.91 Å². The van der Waals surface area contributed by atoms with Crippen LogP contribution in [0.2, 0.25) is 5.15 Å². The molecule has 1 unspecified atom stereocenters. The maximum absolute atomic E-state index is 13.6. The molecule has 8 heteroatoms. The first-order valence-corrected chi connectivity index (χ1v) is 13.8. The maximum atomic E-state index is 13.6. The molecule has 1 aliphatic heterocycles. The SMILES string of the molecule is Cc1nc(Cl)c(-c2cc(C3(NC(=O)c4cc(OCC5CCN5C)ccc4C)CC3)c3cccnc3c2)s1. The Morgan fingerprint density at radius 3 is 2.76 bits per heavy atom. The standard InChI is InChI=1S/C29H29ClN4O2S/c1-17-6-7-21(36-16-20-8-12-34(20)3)15-23(17)28(35)33-29(9-10-29)24-13-19(26-27(30)32-18(2)37-26)14-25-22(24)5-4-11-31-25/h4-7,11,13-15,20H,8-10,12,16H2,1-3H3,(H,33,35). The van der Waals surface area contributed by atoms with Crippen molar-refractivity contribution in [1.82, 2.24) is 20.2 Å². The van der Waals surface area contributed by atoms with E-state index in [0.29, 0.717) is 23.4 Å². The number of nitrogens with zero attached hydrogens (tertiary/aromatic N) is 3. The van der Waals surface area contributed by atoms with E-state index >= 15 is 0 Å². The Balaban J connectivity index is 1.31. The summed E-state index contributed by atoms with van der Waals surface area (Å²) in [5.41, 5.74) is 4.05. The lowest BCUT2D eigenvalue weighted by Crippen LogP contribution is -2.48. The Bertz CT molecular complexity index is 1510. The summed E-state index contributed by atoms with van der Waals surface area (Å²) < 4.78 is 6.04. The van der Waals surface area contributed by atoms with Crippen molar-refractivity contribution in [3.63, 3.8) is 0 Å². The lowest BCUT2D eigenvalue weighted by atomic mass is 9.95. The van der Waals surface area contributed by atoms with Gasteiger partial charge in [0.25, 0.3) is 5.91 Å². The minimum Gasteiger partial charge on any atom is -0.492 e. The van der Waals surface area contributed by atoms with Gasteiger partial charge in [-0.2, -0.15) is 0 Å². The third-order valence-electron chi connectivity index (χ3n) is 7.63. The first kappa shape index (κ1) is 24.3. The molecule has 1 aliphatic carbocycles. The Kier molecular flexibility index (Phi) is 6.18. The molecule has 190 valence electrons. The number of rotatable bonds is 7. The number of carbonyl (C=O) groups excluding carboxylic acids is 1. The highest BCUT2D eigenvalue weighted by Crippen LogP contribution is 2.50. The molecular formula is C29H29ClN4O2S. The normalized spacial score (nSPS) is 18.4. The van der Waals surface area contributed by atoms with E-state index in [4.69, 9.17) is 16.3 Å². The van der Waals surface area contributed by atoms with Gasteiger partial charge in [-0.25, -0.2) is 4.98 Å². The number of carbonyl (C=O) groups is 1. The van der Waals surface area contributed by atoms with Gasteiger partial charge in [-0.15, -0.1) is 11.3 Å². The molecule has 3 heterocycles. The average molecular weight is 533 g/mol. The number of fused-ring (bicyclic) bond motifs is 1. The van der Waals surface area contributed by atoms with E-state index in [2.05, 4.69) is 45.4 Å². The molecule has 1 saturated heterocycles. The number of likely N-dealkylation sites (tertiary alicyclic amines) is 1. The molecule has 2 fully saturated rings. The van der Waals surface area contributed by atoms with Gasteiger partial charge in [0, 0.05) is 23.2 Å². The Labute approximate surface area is 225 Å². The van der Waals surface area contributed by atoms with Gasteiger partial charge in [-0.3, -0.25) is 14.7 Å². The highest BCUT2D eigenvalue weighted by atomic mass is 35.5. The zero-order valence-corrected chi connectivity index (χ0v) is 22.7. The van der Waals surface area contributed by atoms with Crippen molar-refractivity contribution in [3.8, 4) is 16.2 Å². The van der Waals surface area contributed by atoms with Crippen molar-refractivity contribution >= 4 is 39.7 Å². The van der Waals surface area contributed by atoms with E-state index in [1.807, 2.05) is 38.1 Å². The molecule has 0 spiro atoms. The molecule has 37 heavy (non-hydrogen) atoms. The predicted molar refractivity (Wildman–Crippen MR) is 149 cm³/mol. The van der Waals surface area contributed by atoms with Crippen LogP contribution in [0.5, 0.6) is 5.75 Å². The number of thiazole rings is 1. The topological polar surface area (TPSA) is 67.3 Å². The van der Waals surface area contributed by atoms with Crippen molar-refractivity contribution < 1.29 is 9.53 Å². The minimum absolute atomic E-state index is 0.0877. The molecule has 2 aliphatic rings. The number of pyridine rings is 1. The molecule has 2 aromatic heterocycles. The summed E-state index contributed by atoms with van der Waals surface area (Å²) in [6, 6.07) is 14.4. The average Bonchev–Trinajstić information content (AvgIpc) is 3.58. The molecule has 1 saturated carbocycles. The molecule has 6 rings (SSSR count). The van der Waals surface area contributed by atoms with Crippen molar-refractivity contribution in [2.45, 2.75) is 44.7 Å². The smallest absolute Gasteiger partial charge is 0.252 e. The molecule has 2 aromatic carbocycles. The Hall–Kier alpha value is -3.00. The van der Waals surface area contributed by atoms with Gasteiger partial charge in [0.05, 0.1) is 20.9 Å². The van der Waals surface area contributed by atoms with Crippen LogP contribution in [-0.2, 0) is 5.54 Å². The number of aryl methyl sites for hydroxylation is 2. The molecule has 4 aromatic rings. The van der Waals surface area contributed by atoms with Crippen LogP contribution in [0.25, 0.3) is 21.3 Å². The fourth-order valence-electron chi connectivity index (χ4n) is 5.07. The van der Waals surface area contributed by atoms with E-state index in [0.717, 1.165) is 69.0 Å². The van der Waals surface area contributed by atoms with Gasteiger partial charge < -0.3 is 10.1 Å². The molecule has 6 nitrogen and oxygen atoms in total. The fraction of sp³-hybridized carbons (Fsp3) is 0.345. The molecule has 0 radical (unpaired) electrons. The number of ether oxygens (including phenoxy) is 1. The lowest BCUT2D eigenvalue weighted by molar-refractivity contribution is 0.0767. The van der Waals surface area contributed by atoms with Crippen LogP contribution in [0.3, 0.4) is 0 Å². The van der Waals surface area contributed by atoms with Gasteiger partial charge in [0.15, 0.2) is 0 Å². The summed E-state index contributed by atoms with van der Waals surface area (Å²) in [6.45, 7) is 5.66. The monoisotopic (exact) mass is 532 g/mol. The maximum Gasteiger partial charge on any atom is 0.252 e. The molecule has 1 amide bonds. The van der Waals surface area contributed by atoms with E-state index in [1.54, 1.807) is 17.5 Å². The van der Waals surface area contributed by atoms with E-state index in [1.165, 1.54) is 0 Å². The van der Waals surface area contributed by atoms with Gasteiger partial charge in [-0.1, -0.05) is 23.7 Å². The van der Waals surface area contributed by atoms with Crippen LogP contribution in [0.4, 0.5) is 0 Å². The van der Waals surface area contributed by atoms with Crippen LogP contribution in [0.15, 0.2) is 48.7 Å². The van der Waals surface area contributed by atoms with Gasteiger partial charge >= 0.3 is 0 Å². The van der Waals surface area contributed by atoms with Crippen LogP contribution in [0.1, 0.15) is 45.8 Å². The summed E-state index contributed by atoms with van der Waals surface area (Å²) in [7, 11) is 2.11. The molecule has 1 N–H and O–H groups in total. The van der Waals surface area contributed by atoms with E-state index < -0.39 is 5.54 Å². The number of amides is 1. The quantitative estimate of drug-likeness (QED) is 0.310. The fourth-order valence-corrected chi connectivity index (χ4v) is 6.27. The van der Waals surface area contributed by atoms with Gasteiger partial charge in [0.2, 0.25) is 0 Å². The summed E-state index contributed by atoms with van der Waals surface area (Å²) >= 11 is 8.04. The van der Waals surface area contributed by atoms with Crippen molar-refractivity contribution in [2.24, 2.45) is 0 Å². The highest BCUT2D eigenvalue weighted by Gasteiger charge is 2.47. The Morgan fingerprint density at radius 2 is 2.08 bits per heavy atom. The largest absolute Gasteiger partial charge is 0.492 e. The van der Waals surface area contributed by atoms with Crippen molar-refractivity contribution in [1.29, 1.82) is 0 Å². The van der Waals surface area contributed by atoms with Crippen LogP contribution >= 0.6 is 22.9 Å².